The number of nitrogens with one attached hydrogen (secondary N) is 1. The summed E-state index contributed by atoms with van der Waals surface area (Å²) >= 11 is 0. The highest BCUT2D eigenvalue weighted by molar-refractivity contribution is 5.47. The first kappa shape index (κ1) is 13.4. The van der Waals surface area contributed by atoms with Crippen molar-refractivity contribution in [3.8, 4) is 0 Å². The standard InChI is InChI=1S/C15H23N5/c1-15(2,3)12-11-20-13(17-12)5-6-14(18-20)19-9-4-7-16-8-10-19/h5-6,11,16H,4,7-10H2,1-3H3. The zero-order chi connectivity index (χ0) is 14.2. The SMILES string of the molecule is CC(C)(C)c1cn2nc(N3CCCNCC3)ccc2n1. The lowest BCUT2D eigenvalue weighted by molar-refractivity contribution is 0.572. The van der Waals surface area contributed by atoms with Crippen LogP contribution >= 0.6 is 0 Å². The van der Waals surface area contributed by atoms with Crippen LogP contribution in [0.5, 0.6) is 0 Å². The third kappa shape index (κ3) is 2.63. The highest BCUT2D eigenvalue weighted by atomic mass is 15.3. The van der Waals surface area contributed by atoms with E-state index >= 15 is 0 Å². The molecule has 0 bridgehead atoms. The molecule has 20 heavy (non-hydrogen) atoms. The molecule has 0 atom stereocenters. The van der Waals surface area contributed by atoms with Gasteiger partial charge in [-0.2, -0.15) is 0 Å². The number of nitrogens with zero attached hydrogens (tertiary/aromatic N) is 4. The molecule has 0 aromatic carbocycles. The normalized spacial score (nSPS) is 17.4. The Labute approximate surface area is 120 Å². The van der Waals surface area contributed by atoms with Gasteiger partial charge in [-0.05, 0) is 25.1 Å². The Balaban J connectivity index is 1.93. The van der Waals surface area contributed by atoms with Crippen molar-refractivity contribution in [2.75, 3.05) is 31.1 Å². The highest BCUT2D eigenvalue weighted by Crippen LogP contribution is 2.22. The Hall–Kier alpha value is -1.62. The molecule has 0 unspecified atom stereocenters. The predicted octanol–water partition coefficient (Wildman–Crippen LogP) is 1.83. The van der Waals surface area contributed by atoms with Crippen LogP contribution in [0.3, 0.4) is 0 Å². The minimum atomic E-state index is 0.0559. The van der Waals surface area contributed by atoms with Gasteiger partial charge >= 0.3 is 0 Å². The first-order valence-corrected chi connectivity index (χ1v) is 7.37. The molecular weight excluding hydrogens is 250 g/mol. The first-order chi connectivity index (χ1) is 9.54. The maximum atomic E-state index is 4.73. The largest absolute Gasteiger partial charge is 0.354 e. The van der Waals surface area contributed by atoms with Crippen LogP contribution in [-0.4, -0.2) is 40.8 Å². The second kappa shape index (κ2) is 5.05. The molecule has 0 radical (unpaired) electrons. The molecule has 0 aliphatic carbocycles. The number of hydrogen-bond donors (Lipinski definition) is 1. The molecule has 1 N–H and O–H groups in total. The quantitative estimate of drug-likeness (QED) is 0.861. The van der Waals surface area contributed by atoms with E-state index in [4.69, 9.17) is 5.10 Å². The van der Waals surface area contributed by atoms with Crippen LogP contribution in [0.4, 0.5) is 5.82 Å². The summed E-state index contributed by atoms with van der Waals surface area (Å²) in [5.41, 5.74) is 2.06. The number of aromatic nitrogens is 3. The van der Waals surface area contributed by atoms with Gasteiger partial charge in [-0.1, -0.05) is 20.8 Å². The fourth-order valence-electron chi connectivity index (χ4n) is 2.48. The Bertz CT molecular complexity index is 588. The summed E-state index contributed by atoms with van der Waals surface area (Å²) in [6.07, 6.45) is 3.21. The van der Waals surface area contributed by atoms with E-state index < -0.39 is 0 Å². The number of imidazole rings is 1. The zero-order valence-corrected chi connectivity index (χ0v) is 12.6. The summed E-state index contributed by atoms with van der Waals surface area (Å²) in [6, 6.07) is 4.15. The second-order valence-corrected chi connectivity index (χ2v) is 6.46. The van der Waals surface area contributed by atoms with Crippen molar-refractivity contribution >= 4 is 11.5 Å². The first-order valence-electron chi connectivity index (χ1n) is 7.37. The average molecular weight is 273 g/mol. The highest BCUT2D eigenvalue weighted by Gasteiger charge is 2.18. The van der Waals surface area contributed by atoms with Gasteiger partial charge in [0.2, 0.25) is 0 Å². The number of anilines is 1. The van der Waals surface area contributed by atoms with Gasteiger partial charge < -0.3 is 10.2 Å². The maximum Gasteiger partial charge on any atom is 0.153 e. The third-order valence-electron chi connectivity index (χ3n) is 3.74. The van der Waals surface area contributed by atoms with Gasteiger partial charge in [0.25, 0.3) is 0 Å². The smallest absolute Gasteiger partial charge is 0.153 e. The molecule has 5 heteroatoms. The molecule has 1 aliphatic rings. The summed E-state index contributed by atoms with van der Waals surface area (Å²) in [5, 5.41) is 8.15. The summed E-state index contributed by atoms with van der Waals surface area (Å²) in [7, 11) is 0. The average Bonchev–Trinajstić information content (AvgIpc) is 2.65. The number of hydrogen-bond acceptors (Lipinski definition) is 4. The fraction of sp³-hybridized carbons (Fsp3) is 0.600. The molecule has 1 saturated heterocycles. The van der Waals surface area contributed by atoms with Crippen molar-refractivity contribution in [3.05, 3.63) is 24.0 Å². The third-order valence-corrected chi connectivity index (χ3v) is 3.74. The zero-order valence-electron chi connectivity index (χ0n) is 12.6. The molecule has 0 amide bonds. The molecule has 0 saturated carbocycles. The van der Waals surface area contributed by atoms with E-state index in [1.165, 1.54) is 0 Å². The lowest BCUT2D eigenvalue weighted by Crippen LogP contribution is -2.28. The van der Waals surface area contributed by atoms with Crippen LogP contribution in [0.1, 0.15) is 32.9 Å². The van der Waals surface area contributed by atoms with Crippen LogP contribution in [0.25, 0.3) is 5.65 Å². The topological polar surface area (TPSA) is 45.5 Å². The molecule has 3 heterocycles. The second-order valence-electron chi connectivity index (χ2n) is 6.46. The van der Waals surface area contributed by atoms with E-state index in [0.717, 1.165) is 49.8 Å². The van der Waals surface area contributed by atoms with E-state index in [-0.39, 0.29) is 5.41 Å². The summed E-state index contributed by atoms with van der Waals surface area (Å²) in [4.78, 5) is 7.00. The minimum Gasteiger partial charge on any atom is -0.354 e. The van der Waals surface area contributed by atoms with Crippen LogP contribution in [-0.2, 0) is 5.41 Å². The molecule has 1 aliphatic heterocycles. The van der Waals surface area contributed by atoms with Gasteiger partial charge in [-0.25, -0.2) is 9.50 Å². The van der Waals surface area contributed by atoms with Crippen molar-refractivity contribution < 1.29 is 0 Å². The van der Waals surface area contributed by atoms with E-state index in [0.29, 0.717) is 0 Å². The Morgan fingerprint density at radius 3 is 2.80 bits per heavy atom. The van der Waals surface area contributed by atoms with Crippen LogP contribution < -0.4 is 10.2 Å². The van der Waals surface area contributed by atoms with E-state index in [2.05, 4.69) is 54.3 Å². The fourth-order valence-corrected chi connectivity index (χ4v) is 2.48. The van der Waals surface area contributed by atoms with Crippen molar-refractivity contribution in [2.45, 2.75) is 32.6 Å². The van der Waals surface area contributed by atoms with E-state index in [1.54, 1.807) is 0 Å². The minimum absolute atomic E-state index is 0.0559. The van der Waals surface area contributed by atoms with Crippen molar-refractivity contribution in [2.24, 2.45) is 0 Å². The van der Waals surface area contributed by atoms with Crippen molar-refractivity contribution in [1.29, 1.82) is 0 Å². The van der Waals surface area contributed by atoms with Crippen molar-refractivity contribution in [1.82, 2.24) is 19.9 Å². The molecular formula is C15H23N5. The molecule has 1 fully saturated rings. The summed E-state index contributed by atoms with van der Waals surface area (Å²) < 4.78 is 1.91. The molecule has 108 valence electrons. The Kier molecular flexibility index (Phi) is 3.38. The van der Waals surface area contributed by atoms with Gasteiger partial charge in [0.1, 0.15) is 5.82 Å². The lowest BCUT2D eigenvalue weighted by atomic mass is 9.93. The van der Waals surface area contributed by atoms with Gasteiger partial charge in [-0.3, -0.25) is 0 Å². The molecule has 5 nitrogen and oxygen atoms in total. The number of fused-ring (bicyclic) bond motifs is 1. The molecule has 2 aromatic heterocycles. The Morgan fingerprint density at radius 1 is 1.15 bits per heavy atom. The van der Waals surface area contributed by atoms with Gasteiger partial charge in [0.15, 0.2) is 5.65 Å². The molecule has 3 rings (SSSR count). The van der Waals surface area contributed by atoms with Crippen LogP contribution in [0.2, 0.25) is 0 Å². The molecule has 0 spiro atoms. The van der Waals surface area contributed by atoms with E-state index in [1.807, 2.05) is 4.52 Å². The van der Waals surface area contributed by atoms with Crippen LogP contribution in [0.15, 0.2) is 18.3 Å². The van der Waals surface area contributed by atoms with Gasteiger partial charge in [-0.15, -0.1) is 5.10 Å². The predicted molar refractivity (Wildman–Crippen MR) is 81.4 cm³/mol. The van der Waals surface area contributed by atoms with E-state index in [9.17, 15) is 0 Å². The van der Waals surface area contributed by atoms with Gasteiger partial charge in [0.05, 0.1) is 11.9 Å². The Morgan fingerprint density at radius 2 is 2.00 bits per heavy atom. The number of rotatable bonds is 1. The van der Waals surface area contributed by atoms with Gasteiger partial charge in [0, 0.05) is 25.0 Å². The summed E-state index contributed by atoms with van der Waals surface area (Å²) in [6.45, 7) is 10.7. The van der Waals surface area contributed by atoms with Crippen molar-refractivity contribution in [3.63, 3.8) is 0 Å². The maximum absolute atomic E-state index is 4.73. The lowest BCUT2D eigenvalue weighted by Gasteiger charge is -2.20. The monoisotopic (exact) mass is 273 g/mol. The van der Waals surface area contributed by atoms with Crippen LogP contribution in [0, 0.1) is 0 Å². The molecule has 2 aromatic rings. The summed E-state index contributed by atoms with van der Waals surface area (Å²) in [5.74, 6) is 1.04.